The van der Waals surface area contributed by atoms with Gasteiger partial charge in [-0.1, -0.05) is 0 Å². The lowest BCUT2D eigenvalue weighted by Gasteiger charge is -2.21. The van der Waals surface area contributed by atoms with Crippen LogP contribution in [0.15, 0.2) is 0 Å². The number of hydrogen-bond donors (Lipinski definition) is 0. The largest absolute Gasteiger partial charge is 0.492 e. The van der Waals surface area contributed by atoms with Crippen LogP contribution in [0.5, 0.6) is 11.5 Å². The van der Waals surface area contributed by atoms with Crippen molar-refractivity contribution in [2.24, 2.45) is 0 Å². The van der Waals surface area contributed by atoms with Gasteiger partial charge in [0.2, 0.25) is 0 Å². The summed E-state index contributed by atoms with van der Waals surface area (Å²) >= 11 is 1.58. The first-order valence-electron chi connectivity index (χ1n) is 5.65. The number of esters is 1. The van der Waals surface area contributed by atoms with Gasteiger partial charge in [0.15, 0.2) is 23.1 Å². The van der Waals surface area contributed by atoms with E-state index in [2.05, 4.69) is 0 Å². The van der Waals surface area contributed by atoms with E-state index in [1.165, 1.54) is 14.2 Å². The molecule has 0 aliphatic heterocycles. The fourth-order valence-electron chi connectivity index (χ4n) is 1.51. The molecule has 0 bridgehead atoms. The lowest BCUT2D eigenvalue weighted by molar-refractivity contribution is 0.00596. The van der Waals surface area contributed by atoms with Gasteiger partial charge in [0.1, 0.15) is 11.2 Å². The highest BCUT2D eigenvalue weighted by atomic mass is 127. The van der Waals surface area contributed by atoms with Crippen molar-refractivity contribution in [3.63, 3.8) is 0 Å². The summed E-state index contributed by atoms with van der Waals surface area (Å²) in [5.74, 6) is -3.75. The van der Waals surface area contributed by atoms with E-state index in [0.717, 1.165) is 0 Å². The summed E-state index contributed by atoms with van der Waals surface area (Å²) < 4.78 is 42.8. The molecular weight excluding hydrogens is 385 g/mol. The molecule has 0 fully saturated rings. The first-order chi connectivity index (χ1) is 9.14. The monoisotopic (exact) mass is 400 g/mol. The zero-order valence-corrected chi connectivity index (χ0v) is 13.9. The zero-order chi connectivity index (χ0) is 15.7. The van der Waals surface area contributed by atoms with Crippen LogP contribution in [-0.2, 0) is 4.74 Å². The van der Waals surface area contributed by atoms with Crippen molar-refractivity contribution in [2.45, 2.75) is 26.4 Å². The normalized spacial score (nSPS) is 11.2. The number of hydrogen-bond acceptors (Lipinski definition) is 4. The quantitative estimate of drug-likeness (QED) is 0.443. The topological polar surface area (TPSA) is 44.8 Å². The fourth-order valence-corrected chi connectivity index (χ4v) is 2.21. The van der Waals surface area contributed by atoms with E-state index in [0.29, 0.717) is 0 Å². The number of rotatable bonds is 3. The van der Waals surface area contributed by atoms with Crippen LogP contribution in [0.25, 0.3) is 0 Å². The van der Waals surface area contributed by atoms with Crippen LogP contribution in [0.3, 0.4) is 0 Å². The van der Waals surface area contributed by atoms with Crippen LogP contribution in [0.1, 0.15) is 31.1 Å². The Morgan fingerprint density at radius 2 is 1.55 bits per heavy atom. The molecule has 1 rings (SSSR count). The van der Waals surface area contributed by atoms with Crippen LogP contribution in [0.2, 0.25) is 0 Å². The summed E-state index contributed by atoms with van der Waals surface area (Å²) in [4.78, 5) is 12.0. The highest BCUT2D eigenvalue weighted by molar-refractivity contribution is 14.1. The molecular formula is C13H15F2IO4. The number of halogens is 3. The Morgan fingerprint density at radius 1 is 1.05 bits per heavy atom. The second kappa shape index (κ2) is 6.11. The van der Waals surface area contributed by atoms with Gasteiger partial charge in [-0.05, 0) is 43.4 Å². The minimum Gasteiger partial charge on any atom is -0.492 e. The number of ether oxygens (including phenoxy) is 3. The Kier molecular flexibility index (Phi) is 5.17. The van der Waals surface area contributed by atoms with Crippen LogP contribution < -0.4 is 9.47 Å². The van der Waals surface area contributed by atoms with Crippen molar-refractivity contribution in [1.82, 2.24) is 0 Å². The van der Waals surface area contributed by atoms with Gasteiger partial charge in [-0.15, -0.1) is 0 Å². The molecule has 0 aromatic heterocycles. The minimum absolute atomic E-state index is 0.0483. The molecule has 1 aromatic carbocycles. The number of carbonyl (C=O) groups excluding carboxylic acids is 1. The highest BCUT2D eigenvalue weighted by Crippen LogP contribution is 2.40. The van der Waals surface area contributed by atoms with E-state index >= 15 is 0 Å². The minimum atomic E-state index is -1.32. The maximum atomic E-state index is 14.0. The molecule has 20 heavy (non-hydrogen) atoms. The summed E-state index contributed by atoms with van der Waals surface area (Å²) in [6.07, 6.45) is 0. The van der Waals surface area contributed by atoms with Crippen molar-refractivity contribution in [3.05, 3.63) is 20.8 Å². The predicted molar refractivity (Wildman–Crippen MR) is 77.3 cm³/mol. The Hall–Kier alpha value is -1.12. The lowest BCUT2D eigenvalue weighted by atomic mass is 10.1. The Morgan fingerprint density at radius 3 is 1.95 bits per heavy atom. The molecule has 0 aliphatic carbocycles. The molecule has 0 unspecified atom stereocenters. The van der Waals surface area contributed by atoms with E-state index in [9.17, 15) is 13.6 Å². The van der Waals surface area contributed by atoms with Gasteiger partial charge < -0.3 is 14.2 Å². The van der Waals surface area contributed by atoms with Crippen molar-refractivity contribution >= 4 is 28.6 Å². The average molecular weight is 400 g/mol. The van der Waals surface area contributed by atoms with Crippen molar-refractivity contribution in [3.8, 4) is 11.5 Å². The van der Waals surface area contributed by atoms with Crippen molar-refractivity contribution in [2.75, 3.05) is 14.2 Å². The maximum Gasteiger partial charge on any atom is 0.345 e. The van der Waals surface area contributed by atoms with Gasteiger partial charge in [-0.25, -0.2) is 13.6 Å². The molecule has 0 radical (unpaired) electrons. The second-order valence-corrected chi connectivity index (χ2v) is 5.96. The molecule has 0 N–H and O–H groups in total. The van der Waals surface area contributed by atoms with E-state index < -0.39 is 28.8 Å². The third-order valence-corrected chi connectivity index (χ3v) is 3.21. The average Bonchev–Trinajstić information content (AvgIpc) is 2.33. The van der Waals surface area contributed by atoms with E-state index in [1.807, 2.05) is 0 Å². The molecule has 0 aliphatic rings. The molecule has 1 aromatic rings. The molecule has 0 saturated heterocycles. The molecule has 112 valence electrons. The zero-order valence-electron chi connectivity index (χ0n) is 11.8. The van der Waals surface area contributed by atoms with Crippen LogP contribution in [0.4, 0.5) is 8.78 Å². The van der Waals surface area contributed by atoms with Crippen molar-refractivity contribution < 1.29 is 27.8 Å². The highest BCUT2D eigenvalue weighted by Gasteiger charge is 2.32. The van der Waals surface area contributed by atoms with Crippen LogP contribution >= 0.6 is 22.6 Å². The third kappa shape index (κ3) is 3.31. The summed E-state index contributed by atoms with van der Waals surface area (Å²) in [5.41, 5.74) is -1.46. The van der Waals surface area contributed by atoms with Gasteiger partial charge in [0, 0.05) is 0 Å². The van der Waals surface area contributed by atoms with Crippen LogP contribution in [0, 0.1) is 15.2 Å². The van der Waals surface area contributed by atoms with E-state index in [1.54, 1.807) is 43.4 Å². The standard InChI is InChI=1S/C13H15F2IO4/c1-13(2,3)20-12(17)6-7(14)8(15)9(16)11(19-5)10(6)18-4/h1-5H3. The molecule has 0 atom stereocenters. The summed E-state index contributed by atoms with van der Waals surface area (Å²) in [6.45, 7) is 4.86. The van der Waals surface area contributed by atoms with Gasteiger partial charge in [0.05, 0.1) is 17.8 Å². The van der Waals surface area contributed by atoms with Gasteiger partial charge in [-0.2, -0.15) is 0 Å². The molecule has 0 amide bonds. The fraction of sp³-hybridized carbons (Fsp3) is 0.462. The van der Waals surface area contributed by atoms with Crippen LogP contribution in [-0.4, -0.2) is 25.8 Å². The van der Waals surface area contributed by atoms with E-state index in [-0.39, 0.29) is 15.1 Å². The molecule has 4 nitrogen and oxygen atoms in total. The second-order valence-electron chi connectivity index (χ2n) is 4.89. The lowest BCUT2D eigenvalue weighted by Crippen LogP contribution is -2.25. The Labute approximate surface area is 129 Å². The smallest absolute Gasteiger partial charge is 0.345 e. The Balaban J connectivity index is 3.53. The van der Waals surface area contributed by atoms with Gasteiger partial charge in [-0.3, -0.25) is 0 Å². The number of carbonyl (C=O) groups is 1. The molecule has 7 heteroatoms. The van der Waals surface area contributed by atoms with E-state index in [4.69, 9.17) is 14.2 Å². The van der Waals surface area contributed by atoms with Gasteiger partial charge >= 0.3 is 5.97 Å². The molecule has 0 saturated carbocycles. The van der Waals surface area contributed by atoms with Crippen molar-refractivity contribution in [1.29, 1.82) is 0 Å². The summed E-state index contributed by atoms with van der Waals surface area (Å²) in [7, 11) is 2.51. The molecule has 0 heterocycles. The summed E-state index contributed by atoms with van der Waals surface area (Å²) in [5, 5.41) is 0. The first kappa shape index (κ1) is 16.9. The summed E-state index contributed by atoms with van der Waals surface area (Å²) in [6, 6.07) is 0. The number of benzene rings is 1. The first-order valence-corrected chi connectivity index (χ1v) is 6.73. The predicted octanol–water partition coefficient (Wildman–Crippen LogP) is 3.54. The third-order valence-electron chi connectivity index (χ3n) is 2.25. The molecule has 0 spiro atoms. The van der Waals surface area contributed by atoms with Gasteiger partial charge in [0.25, 0.3) is 0 Å². The number of methoxy groups -OCH3 is 2. The Bertz CT molecular complexity index is 538. The maximum absolute atomic E-state index is 14.0. The SMILES string of the molecule is COc1c(I)c(F)c(F)c(C(=O)OC(C)(C)C)c1OC.